The van der Waals surface area contributed by atoms with Crippen molar-refractivity contribution in [2.45, 2.75) is 4.90 Å². The lowest BCUT2D eigenvalue weighted by atomic mass is 10.1. The molecular weight excluding hydrogens is 366 g/mol. The maximum Gasteiger partial charge on any atom is 0.283 e. The Bertz CT molecular complexity index is 833. The van der Waals surface area contributed by atoms with Gasteiger partial charge in [-0.3, -0.25) is 14.9 Å². The Kier molecular flexibility index (Phi) is 5.85. The highest BCUT2D eigenvalue weighted by Gasteiger charge is 2.24. The van der Waals surface area contributed by atoms with Crippen molar-refractivity contribution in [2.75, 3.05) is 44.4 Å². The van der Waals surface area contributed by atoms with Gasteiger partial charge in [-0.2, -0.15) is 0 Å². The molecule has 1 fully saturated rings. The third-order valence-corrected chi connectivity index (χ3v) is 5.41. The van der Waals surface area contributed by atoms with Crippen LogP contribution in [0.15, 0.2) is 47.4 Å². The number of nitro groups is 1. The number of amides is 1. The number of hydrogen-bond acceptors (Lipinski definition) is 6. The van der Waals surface area contributed by atoms with E-state index in [1.165, 1.54) is 17.8 Å². The van der Waals surface area contributed by atoms with Crippen LogP contribution in [-0.2, 0) is 0 Å². The smallest absolute Gasteiger partial charge is 0.283 e. The van der Waals surface area contributed by atoms with Crippen molar-refractivity contribution in [1.82, 2.24) is 4.90 Å². The molecule has 3 rings (SSSR count). The number of piperazine rings is 1. The first-order valence-electron chi connectivity index (χ1n) is 8.54. The van der Waals surface area contributed by atoms with Crippen LogP contribution >= 0.6 is 11.8 Å². The monoisotopic (exact) mass is 387 g/mol. The van der Waals surface area contributed by atoms with Crippen molar-refractivity contribution in [1.29, 1.82) is 0 Å². The zero-order valence-electron chi connectivity index (χ0n) is 15.3. The molecule has 1 saturated heterocycles. The molecule has 142 valence electrons. The molecule has 8 heteroatoms. The Balaban J connectivity index is 1.67. The summed E-state index contributed by atoms with van der Waals surface area (Å²) < 4.78 is 5.18. The van der Waals surface area contributed by atoms with Crippen LogP contribution in [0.2, 0.25) is 0 Å². The fraction of sp³-hybridized carbons (Fsp3) is 0.316. The topological polar surface area (TPSA) is 75.9 Å². The van der Waals surface area contributed by atoms with E-state index in [9.17, 15) is 14.9 Å². The van der Waals surface area contributed by atoms with Gasteiger partial charge in [-0.15, -0.1) is 11.8 Å². The number of methoxy groups -OCH3 is 1. The number of benzene rings is 2. The van der Waals surface area contributed by atoms with Crippen molar-refractivity contribution < 1.29 is 14.5 Å². The van der Waals surface area contributed by atoms with E-state index in [0.717, 1.165) is 11.4 Å². The number of hydrogen-bond donors (Lipinski definition) is 0. The molecule has 0 spiro atoms. The summed E-state index contributed by atoms with van der Waals surface area (Å²) in [6.45, 7) is 2.57. The molecule has 27 heavy (non-hydrogen) atoms. The number of ether oxygens (including phenoxy) is 1. The molecule has 0 N–H and O–H groups in total. The molecule has 0 saturated carbocycles. The van der Waals surface area contributed by atoms with E-state index < -0.39 is 4.92 Å². The third kappa shape index (κ3) is 4.16. The minimum Gasteiger partial charge on any atom is -0.497 e. The van der Waals surface area contributed by atoms with Gasteiger partial charge in [0.25, 0.3) is 11.6 Å². The van der Waals surface area contributed by atoms with Crippen LogP contribution < -0.4 is 9.64 Å². The van der Waals surface area contributed by atoms with Crippen LogP contribution in [0, 0.1) is 10.1 Å². The molecule has 7 nitrogen and oxygen atoms in total. The first-order chi connectivity index (χ1) is 13.0. The Labute approximate surface area is 162 Å². The quantitative estimate of drug-likeness (QED) is 0.445. The predicted octanol–water partition coefficient (Wildman–Crippen LogP) is 3.29. The lowest BCUT2D eigenvalue weighted by Crippen LogP contribution is -2.48. The first kappa shape index (κ1) is 19.0. The highest BCUT2D eigenvalue weighted by molar-refractivity contribution is 7.98. The van der Waals surface area contributed by atoms with Gasteiger partial charge in [0.15, 0.2) is 0 Å². The van der Waals surface area contributed by atoms with Gasteiger partial charge in [0.1, 0.15) is 5.75 Å². The van der Waals surface area contributed by atoms with Gasteiger partial charge in [-0.05, 0) is 42.7 Å². The van der Waals surface area contributed by atoms with E-state index in [0.29, 0.717) is 36.6 Å². The number of carbonyl (C=O) groups is 1. The van der Waals surface area contributed by atoms with Gasteiger partial charge in [0.05, 0.1) is 16.9 Å². The van der Waals surface area contributed by atoms with Crippen molar-refractivity contribution in [3.63, 3.8) is 0 Å². The molecular formula is C19H21N3O4S. The van der Waals surface area contributed by atoms with Crippen LogP contribution in [-0.4, -0.2) is 55.3 Å². The van der Waals surface area contributed by atoms with E-state index in [4.69, 9.17) is 4.74 Å². The number of carbonyl (C=O) groups excluding carboxylic acids is 1. The van der Waals surface area contributed by atoms with Crippen molar-refractivity contribution in [3.05, 3.63) is 58.1 Å². The summed E-state index contributed by atoms with van der Waals surface area (Å²) in [4.78, 5) is 28.1. The summed E-state index contributed by atoms with van der Waals surface area (Å²) in [5, 5.41) is 11.2. The lowest BCUT2D eigenvalue weighted by Gasteiger charge is -2.36. The summed E-state index contributed by atoms with van der Waals surface area (Å²) in [7, 11) is 1.63. The van der Waals surface area contributed by atoms with E-state index in [2.05, 4.69) is 4.90 Å². The third-order valence-electron chi connectivity index (χ3n) is 4.63. The van der Waals surface area contributed by atoms with Gasteiger partial charge < -0.3 is 14.5 Å². The summed E-state index contributed by atoms with van der Waals surface area (Å²) in [6.07, 6.45) is 1.78. The second-order valence-electron chi connectivity index (χ2n) is 6.12. The summed E-state index contributed by atoms with van der Waals surface area (Å²) >= 11 is 1.30. The fourth-order valence-corrected chi connectivity index (χ4v) is 3.66. The Morgan fingerprint density at radius 1 is 1.11 bits per heavy atom. The van der Waals surface area contributed by atoms with Crippen LogP contribution in [0.3, 0.4) is 0 Å². The van der Waals surface area contributed by atoms with E-state index in [-0.39, 0.29) is 11.6 Å². The SMILES string of the molecule is COc1ccc(N2CCN(C(=O)c3ccc(SC)c([N+](=O)[O-])c3)CC2)cc1. The van der Waals surface area contributed by atoms with Crippen LogP contribution in [0.1, 0.15) is 10.4 Å². The van der Waals surface area contributed by atoms with E-state index in [1.54, 1.807) is 30.4 Å². The molecule has 0 unspecified atom stereocenters. The average molecular weight is 387 g/mol. The van der Waals surface area contributed by atoms with Crippen molar-refractivity contribution in [3.8, 4) is 5.75 Å². The van der Waals surface area contributed by atoms with Gasteiger partial charge in [-0.1, -0.05) is 0 Å². The predicted molar refractivity (Wildman–Crippen MR) is 106 cm³/mol. The second-order valence-corrected chi connectivity index (χ2v) is 6.97. The molecule has 2 aromatic rings. The molecule has 0 aromatic heterocycles. The highest BCUT2D eigenvalue weighted by Crippen LogP contribution is 2.29. The number of nitro benzene ring substituents is 1. The number of thioether (sulfide) groups is 1. The Morgan fingerprint density at radius 2 is 1.78 bits per heavy atom. The Hall–Kier alpha value is -2.74. The van der Waals surface area contributed by atoms with Gasteiger partial charge in [0, 0.05) is 43.5 Å². The van der Waals surface area contributed by atoms with Gasteiger partial charge in [-0.25, -0.2) is 0 Å². The summed E-state index contributed by atoms with van der Waals surface area (Å²) in [5.74, 6) is 0.642. The molecule has 0 radical (unpaired) electrons. The lowest BCUT2D eigenvalue weighted by molar-refractivity contribution is -0.387. The normalized spacial score (nSPS) is 14.1. The summed E-state index contributed by atoms with van der Waals surface area (Å²) in [6, 6.07) is 12.5. The summed E-state index contributed by atoms with van der Waals surface area (Å²) in [5.41, 5.74) is 1.42. The molecule has 2 aromatic carbocycles. The van der Waals surface area contributed by atoms with E-state index in [1.807, 2.05) is 24.3 Å². The number of nitrogens with zero attached hydrogens (tertiary/aromatic N) is 3. The van der Waals surface area contributed by atoms with Gasteiger partial charge >= 0.3 is 0 Å². The van der Waals surface area contributed by atoms with Crippen LogP contribution in [0.25, 0.3) is 0 Å². The maximum atomic E-state index is 12.8. The molecule has 1 heterocycles. The second kappa shape index (κ2) is 8.30. The largest absolute Gasteiger partial charge is 0.497 e. The minimum absolute atomic E-state index is 0.0229. The molecule has 0 bridgehead atoms. The first-order valence-corrected chi connectivity index (χ1v) is 9.76. The van der Waals surface area contributed by atoms with E-state index >= 15 is 0 Å². The van der Waals surface area contributed by atoms with Gasteiger partial charge in [0.2, 0.25) is 0 Å². The molecule has 0 atom stereocenters. The number of rotatable bonds is 5. The minimum atomic E-state index is -0.440. The molecule has 1 aliphatic rings. The van der Waals surface area contributed by atoms with Crippen molar-refractivity contribution >= 4 is 29.0 Å². The number of anilines is 1. The molecule has 1 amide bonds. The molecule has 1 aliphatic heterocycles. The van der Waals surface area contributed by atoms with Crippen molar-refractivity contribution in [2.24, 2.45) is 0 Å². The zero-order chi connectivity index (χ0) is 19.4. The molecule has 0 aliphatic carbocycles. The van der Waals surface area contributed by atoms with Crippen LogP contribution in [0.4, 0.5) is 11.4 Å². The van der Waals surface area contributed by atoms with Crippen LogP contribution in [0.5, 0.6) is 5.75 Å². The average Bonchev–Trinajstić information content (AvgIpc) is 2.73. The highest BCUT2D eigenvalue weighted by atomic mass is 32.2. The Morgan fingerprint density at radius 3 is 2.33 bits per heavy atom. The standard InChI is InChI=1S/C19H21N3O4S/c1-26-16-6-4-15(5-7-16)20-9-11-21(12-10-20)19(23)14-3-8-18(27-2)17(13-14)22(24)25/h3-8,13H,9-12H2,1-2H3. The zero-order valence-corrected chi connectivity index (χ0v) is 16.1. The maximum absolute atomic E-state index is 12.8. The fourth-order valence-electron chi connectivity index (χ4n) is 3.11.